The first-order chi connectivity index (χ1) is 10.7. The average Bonchev–Trinajstić information content (AvgIpc) is 2.47. The van der Waals surface area contributed by atoms with Crippen LogP contribution in [-0.2, 0) is 14.8 Å². The molecular formula is C15H12Br2ClNO3S. The van der Waals surface area contributed by atoms with Crippen molar-refractivity contribution in [2.24, 2.45) is 0 Å². The second-order valence-electron chi connectivity index (χ2n) is 4.71. The number of rotatable bonds is 5. The molecule has 2 rings (SSSR count). The van der Waals surface area contributed by atoms with Crippen LogP contribution in [0.25, 0.3) is 0 Å². The largest absolute Gasteiger partial charge is 0.279 e. The lowest BCUT2D eigenvalue weighted by Crippen LogP contribution is -2.42. The standard InChI is InChI=1S/C15H12Br2ClNO3S/c1-10(15(18)20)19(13-4-2-3-12(17)9-13)23(21,22)14-7-5-11(16)6-8-14/h2-10H,1H3. The lowest BCUT2D eigenvalue weighted by molar-refractivity contribution is -0.112. The van der Waals surface area contributed by atoms with Crippen LogP contribution in [0.15, 0.2) is 62.4 Å². The van der Waals surface area contributed by atoms with E-state index in [9.17, 15) is 13.2 Å². The number of carbonyl (C=O) groups is 1. The summed E-state index contributed by atoms with van der Waals surface area (Å²) in [6, 6.07) is 11.8. The topological polar surface area (TPSA) is 54.5 Å². The number of anilines is 1. The van der Waals surface area contributed by atoms with Crippen molar-refractivity contribution in [3.63, 3.8) is 0 Å². The highest BCUT2D eigenvalue weighted by atomic mass is 79.9. The zero-order chi connectivity index (χ0) is 17.2. The molecular weight excluding hydrogens is 469 g/mol. The number of nitrogens with zero attached hydrogens (tertiary/aromatic N) is 1. The maximum Gasteiger partial charge on any atom is 0.265 e. The van der Waals surface area contributed by atoms with Crippen LogP contribution in [0.5, 0.6) is 0 Å². The maximum absolute atomic E-state index is 13.0. The van der Waals surface area contributed by atoms with Crippen LogP contribution < -0.4 is 4.31 Å². The highest BCUT2D eigenvalue weighted by Crippen LogP contribution is 2.29. The Morgan fingerprint density at radius 2 is 1.70 bits per heavy atom. The minimum Gasteiger partial charge on any atom is -0.279 e. The number of sulfonamides is 1. The molecule has 2 aromatic rings. The Bertz CT molecular complexity index is 825. The van der Waals surface area contributed by atoms with Crippen LogP contribution >= 0.6 is 43.5 Å². The zero-order valence-corrected chi connectivity index (χ0v) is 16.7. The van der Waals surface area contributed by atoms with Crippen LogP contribution in [0.2, 0.25) is 0 Å². The Kier molecular flexibility index (Phi) is 5.89. The van der Waals surface area contributed by atoms with Gasteiger partial charge in [-0.2, -0.15) is 0 Å². The van der Waals surface area contributed by atoms with E-state index in [-0.39, 0.29) is 4.90 Å². The van der Waals surface area contributed by atoms with E-state index < -0.39 is 21.3 Å². The number of benzene rings is 2. The third kappa shape index (κ3) is 4.15. The molecule has 4 nitrogen and oxygen atoms in total. The lowest BCUT2D eigenvalue weighted by atomic mass is 10.3. The summed E-state index contributed by atoms with van der Waals surface area (Å²) >= 11 is 12.1. The van der Waals surface area contributed by atoms with Gasteiger partial charge in [0.2, 0.25) is 5.24 Å². The third-order valence-electron chi connectivity index (χ3n) is 3.11. The van der Waals surface area contributed by atoms with E-state index in [1.807, 2.05) is 0 Å². The molecule has 0 spiro atoms. The molecule has 122 valence electrons. The van der Waals surface area contributed by atoms with Gasteiger partial charge in [0.1, 0.15) is 6.04 Å². The highest BCUT2D eigenvalue weighted by molar-refractivity contribution is 9.10. The van der Waals surface area contributed by atoms with Gasteiger partial charge in [-0.05, 0) is 61.0 Å². The monoisotopic (exact) mass is 479 g/mol. The van der Waals surface area contributed by atoms with Crippen molar-refractivity contribution in [3.05, 3.63) is 57.5 Å². The summed E-state index contributed by atoms with van der Waals surface area (Å²) in [6.45, 7) is 1.45. The first-order valence-electron chi connectivity index (χ1n) is 6.48. The summed E-state index contributed by atoms with van der Waals surface area (Å²) in [7, 11) is -3.95. The van der Waals surface area contributed by atoms with Crippen LogP contribution in [0.1, 0.15) is 6.92 Å². The Hall–Kier alpha value is -0.890. The Morgan fingerprint density at radius 1 is 1.09 bits per heavy atom. The predicted molar refractivity (Wildman–Crippen MR) is 98.3 cm³/mol. The van der Waals surface area contributed by atoms with E-state index in [2.05, 4.69) is 31.9 Å². The smallest absolute Gasteiger partial charge is 0.265 e. The second kappa shape index (κ2) is 7.34. The molecule has 0 bridgehead atoms. The zero-order valence-electron chi connectivity index (χ0n) is 11.9. The number of halogens is 3. The molecule has 0 fully saturated rings. The van der Waals surface area contributed by atoms with Gasteiger partial charge in [-0.1, -0.05) is 37.9 Å². The van der Waals surface area contributed by atoms with Crippen molar-refractivity contribution < 1.29 is 13.2 Å². The van der Waals surface area contributed by atoms with Gasteiger partial charge < -0.3 is 0 Å². The summed E-state index contributed by atoms with van der Waals surface area (Å²) in [4.78, 5) is 11.7. The van der Waals surface area contributed by atoms with E-state index in [4.69, 9.17) is 11.6 Å². The fourth-order valence-corrected chi connectivity index (χ4v) is 4.41. The van der Waals surface area contributed by atoms with Crippen LogP contribution in [-0.4, -0.2) is 19.7 Å². The van der Waals surface area contributed by atoms with Gasteiger partial charge in [0.25, 0.3) is 10.0 Å². The third-order valence-corrected chi connectivity index (χ3v) is 6.36. The molecule has 0 heterocycles. The number of carbonyl (C=O) groups excluding carboxylic acids is 1. The van der Waals surface area contributed by atoms with Crippen molar-refractivity contribution in [3.8, 4) is 0 Å². The van der Waals surface area contributed by atoms with Crippen LogP contribution in [0.3, 0.4) is 0 Å². The van der Waals surface area contributed by atoms with Gasteiger partial charge in [-0.15, -0.1) is 0 Å². The number of hydrogen-bond acceptors (Lipinski definition) is 3. The predicted octanol–water partition coefficient (Wildman–Crippen LogP) is 4.56. The molecule has 1 unspecified atom stereocenters. The summed E-state index contributed by atoms with van der Waals surface area (Å²) in [5.74, 6) is 0. The van der Waals surface area contributed by atoms with Crippen LogP contribution in [0, 0.1) is 0 Å². The summed E-state index contributed by atoms with van der Waals surface area (Å²) in [6.07, 6.45) is 0. The SMILES string of the molecule is CC(C(=O)Cl)N(c1cccc(Br)c1)S(=O)(=O)c1ccc(Br)cc1. The summed E-state index contributed by atoms with van der Waals surface area (Å²) in [5, 5.41) is -0.759. The van der Waals surface area contributed by atoms with E-state index in [1.165, 1.54) is 19.1 Å². The molecule has 8 heteroatoms. The summed E-state index contributed by atoms with van der Waals surface area (Å²) in [5.41, 5.74) is 0.351. The fraction of sp³-hybridized carbons (Fsp3) is 0.133. The van der Waals surface area contributed by atoms with Crippen molar-refractivity contribution in [2.75, 3.05) is 4.31 Å². The molecule has 23 heavy (non-hydrogen) atoms. The van der Waals surface area contributed by atoms with Crippen LogP contribution in [0.4, 0.5) is 5.69 Å². The molecule has 0 N–H and O–H groups in total. The fourth-order valence-electron chi connectivity index (χ4n) is 2.00. The molecule has 0 saturated carbocycles. The molecule has 1 atom stereocenters. The maximum atomic E-state index is 13.0. The van der Waals surface area contributed by atoms with Crippen molar-refractivity contribution >= 4 is 64.4 Å². The van der Waals surface area contributed by atoms with Crippen molar-refractivity contribution in [2.45, 2.75) is 17.9 Å². The highest BCUT2D eigenvalue weighted by Gasteiger charge is 2.32. The first kappa shape index (κ1) is 18.4. The molecule has 0 aromatic heterocycles. The minimum absolute atomic E-state index is 0.0745. The Labute approximate surface area is 156 Å². The first-order valence-corrected chi connectivity index (χ1v) is 9.89. The molecule has 0 aliphatic carbocycles. The van der Waals surface area contributed by atoms with E-state index in [0.717, 1.165) is 8.78 Å². The molecule has 0 saturated heterocycles. The van der Waals surface area contributed by atoms with Gasteiger partial charge in [-0.25, -0.2) is 8.42 Å². The normalized spacial score (nSPS) is 12.7. The quantitative estimate of drug-likeness (QED) is 0.589. The van der Waals surface area contributed by atoms with E-state index >= 15 is 0 Å². The van der Waals surface area contributed by atoms with Crippen molar-refractivity contribution in [1.29, 1.82) is 0 Å². The minimum atomic E-state index is -3.95. The van der Waals surface area contributed by atoms with E-state index in [1.54, 1.807) is 36.4 Å². The van der Waals surface area contributed by atoms with Crippen molar-refractivity contribution in [1.82, 2.24) is 0 Å². The van der Waals surface area contributed by atoms with Gasteiger partial charge in [-0.3, -0.25) is 9.10 Å². The van der Waals surface area contributed by atoms with E-state index in [0.29, 0.717) is 10.2 Å². The summed E-state index contributed by atoms with van der Waals surface area (Å²) < 4.78 is 28.4. The Morgan fingerprint density at radius 3 is 2.22 bits per heavy atom. The molecule has 2 aromatic carbocycles. The second-order valence-corrected chi connectivity index (χ2v) is 8.73. The van der Waals surface area contributed by atoms with Gasteiger partial charge in [0, 0.05) is 8.95 Å². The molecule has 0 amide bonds. The van der Waals surface area contributed by atoms with Gasteiger partial charge in [0.05, 0.1) is 10.6 Å². The molecule has 0 aliphatic rings. The number of hydrogen-bond donors (Lipinski definition) is 0. The Balaban J connectivity index is 2.61. The molecule has 0 aliphatic heterocycles. The lowest BCUT2D eigenvalue weighted by Gasteiger charge is -2.28. The average molecular weight is 482 g/mol. The van der Waals surface area contributed by atoms with Gasteiger partial charge >= 0.3 is 0 Å². The molecule has 0 radical (unpaired) electrons. The van der Waals surface area contributed by atoms with Gasteiger partial charge in [0.15, 0.2) is 0 Å².